The molecule has 1 nitrogen and oxygen atoms in total. The van der Waals surface area contributed by atoms with E-state index in [0.29, 0.717) is 0 Å². The van der Waals surface area contributed by atoms with E-state index in [2.05, 4.69) is 26.7 Å². The summed E-state index contributed by atoms with van der Waals surface area (Å²) in [7, 11) is 0. The van der Waals surface area contributed by atoms with Crippen molar-refractivity contribution in [2.45, 2.75) is 0 Å². The summed E-state index contributed by atoms with van der Waals surface area (Å²) in [4.78, 5) is 0. The van der Waals surface area contributed by atoms with E-state index in [1.165, 1.54) is 0 Å². The van der Waals surface area contributed by atoms with Crippen molar-refractivity contribution in [1.29, 1.82) is 0 Å². The molecule has 1 aromatic rings. The van der Waals surface area contributed by atoms with Crippen molar-refractivity contribution in [3.05, 3.63) is 30.3 Å². The molecule has 0 atom stereocenters. The molecule has 0 aliphatic carbocycles. The molecule has 0 heterocycles. The molecule has 0 aromatic heterocycles. The first-order valence-electron chi connectivity index (χ1n) is 4.09. The maximum atomic E-state index is 5.92. The molecule has 2 heteroatoms. The summed E-state index contributed by atoms with van der Waals surface area (Å²) in [6, 6.07) is 10.00. The quantitative estimate of drug-likeness (QED) is 0.642. The zero-order valence-electron chi connectivity index (χ0n) is 8.24. The van der Waals surface area contributed by atoms with Gasteiger partial charge in [0.2, 0.25) is 0 Å². The fourth-order valence-electron chi connectivity index (χ4n) is 0.903. The van der Waals surface area contributed by atoms with Crippen molar-refractivity contribution >= 4 is 6.83 Å². The predicted octanol–water partition coefficient (Wildman–Crippen LogP) is 3.05. The molecular weight excluding hydrogens is 167 g/mol. The SMILES string of the molecule is CP(C)(C)(C)Oc1ccccc1. The first-order chi connectivity index (χ1) is 5.33. The normalized spacial score (nSPS) is 14.8. The second-order valence-corrected chi connectivity index (χ2v) is 11.8. The maximum absolute atomic E-state index is 5.92. The Labute approximate surface area is 74.8 Å². The van der Waals surface area contributed by atoms with Gasteiger partial charge in [0.25, 0.3) is 0 Å². The van der Waals surface area contributed by atoms with Crippen LogP contribution in [0.15, 0.2) is 30.3 Å². The summed E-state index contributed by atoms with van der Waals surface area (Å²) in [5.74, 6) is 0.977. The van der Waals surface area contributed by atoms with Crippen LogP contribution in [0.4, 0.5) is 0 Å². The minimum atomic E-state index is -1.85. The summed E-state index contributed by atoms with van der Waals surface area (Å²) in [6.07, 6.45) is 0. The average Bonchev–Trinajstić information content (AvgIpc) is 1.83. The van der Waals surface area contributed by atoms with Crippen molar-refractivity contribution in [2.75, 3.05) is 26.7 Å². The van der Waals surface area contributed by atoms with Gasteiger partial charge in [-0.3, -0.25) is 0 Å². The molecule has 0 spiro atoms. The standard InChI is InChI=1S/C10H17OP/c1-12(2,3,4)11-10-8-6-5-7-9-10/h5-9H,1-4H3. The van der Waals surface area contributed by atoms with Crippen molar-refractivity contribution < 1.29 is 4.52 Å². The van der Waals surface area contributed by atoms with Gasteiger partial charge in [0.15, 0.2) is 0 Å². The van der Waals surface area contributed by atoms with E-state index >= 15 is 0 Å². The molecule has 0 saturated heterocycles. The van der Waals surface area contributed by atoms with Crippen LogP contribution in [0.2, 0.25) is 0 Å². The summed E-state index contributed by atoms with van der Waals surface area (Å²) in [5, 5.41) is 0. The van der Waals surface area contributed by atoms with Crippen LogP contribution in [0.3, 0.4) is 0 Å². The Kier molecular flexibility index (Phi) is 2.18. The number of para-hydroxylation sites is 1. The third kappa shape index (κ3) is 3.73. The molecule has 0 saturated carbocycles. The zero-order chi connectivity index (χ0) is 9.27. The third-order valence-electron chi connectivity index (χ3n) is 1.21. The van der Waals surface area contributed by atoms with E-state index in [-0.39, 0.29) is 0 Å². The van der Waals surface area contributed by atoms with E-state index in [1.54, 1.807) is 0 Å². The van der Waals surface area contributed by atoms with Crippen molar-refractivity contribution in [3.8, 4) is 5.75 Å². The van der Waals surface area contributed by atoms with Crippen LogP contribution in [0.25, 0.3) is 0 Å². The Morgan fingerprint density at radius 1 is 0.917 bits per heavy atom. The van der Waals surface area contributed by atoms with Gasteiger partial charge >= 0.3 is 74.1 Å². The Morgan fingerprint density at radius 3 is 1.83 bits per heavy atom. The van der Waals surface area contributed by atoms with Gasteiger partial charge in [-0.2, -0.15) is 0 Å². The second-order valence-electron chi connectivity index (χ2n) is 4.82. The number of hydrogen-bond acceptors (Lipinski definition) is 1. The molecule has 0 bridgehead atoms. The van der Waals surface area contributed by atoms with Gasteiger partial charge in [0, 0.05) is 0 Å². The van der Waals surface area contributed by atoms with Crippen LogP contribution < -0.4 is 4.52 Å². The topological polar surface area (TPSA) is 9.23 Å². The Balaban J connectivity index is 2.79. The fourth-order valence-corrected chi connectivity index (χ4v) is 1.87. The van der Waals surface area contributed by atoms with Gasteiger partial charge < -0.3 is 0 Å². The molecular formula is C10H17OP. The minimum absolute atomic E-state index is 0.977. The zero-order valence-corrected chi connectivity index (χ0v) is 9.14. The van der Waals surface area contributed by atoms with Gasteiger partial charge in [-0.05, 0) is 0 Å². The molecule has 0 N–H and O–H groups in total. The Morgan fingerprint density at radius 2 is 1.42 bits per heavy atom. The van der Waals surface area contributed by atoms with E-state index in [1.807, 2.05) is 30.3 Å². The molecule has 68 valence electrons. The van der Waals surface area contributed by atoms with Crippen molar-refractivity contribution in [3.63, 3.8) is 0 Å². The molecule has 1 aromatic carbocycles. The summed E-state index contributed by atoms with van der Waals surface area (Å²) < 4.78 is 5.92. The van der Waals surface area contributed by atoms with E-state index in [4.69, 9.17) is 4.52 Å². The second kappa shape index (κ2) is 2.74. The molecule has 12 heavy (non-hydrogen) atoms. The van der Waals surface area contributed by atoms with E-state index < -0.39 is 6.83 Å². The average molecular weight is 184 g/mol. The van der Waals surface area contributed by atoms with Crippen molar-refractivity contribution in [2.24, 2.45) is 0 Å². The number of rotatable bonds is 2. The van der Waals surface area contributed by atoms with Crippen LogP contribution in [-0.2, 0) is 0 Å². The molecule has 0 aliphatic heterocycles. The summed E-state index contributed by atoms with van der Waals surface area (Å²) in [6.45, 7) is 6.92. The van der Waals surface area contributed by atoms with Gasteiger partial charge in [0.1, 0.15) is 0 Å². The van der Waals surface area contributed by atoms with E-state index in [0.717, 1.165) is 5.75 Å². The number of benzene rings is 1. The molecule has 0 radical (unpaired) electrons. The predicted molar refractivity (Wildman–Crippen MR) is 57.7 cm³/mol. The van der Waals surface area contributed by atoms with Gasteiger partial charge in [-0.15, -0.1) is 0 Å². The first kappa shape index (κ1) is 9.54. The Hall–Kier alpha value is -0.550. The monoisotopic (exact) mass is 184 g/mol. The van der Waals surface area contributed by atoms with Crippen LogP contribution >= 0.6 is 6.83 Å². The van der Waals surface area contributed by atoms with Crippen LogP contribution in [0, 0.1) is 0 Å². The fraction of sp³-hybridized carbons (Fsp3) is 0.400. The van der Waals surface area contributed by atoms with E-state index in [9.17, 15) is 0 Å². The van der Waals surface area contributed by atoms with Crippen LogP contribution in [-0.4, -0.2) is 26.7 Å². The van der Waals surface area contributed by atoms with Crippen LogP contribution in [0.5, 0.6) is 5.75 Å². The summed E-state index contributed by atoms with van der Waals surface area (Å²) >= 11 is 0. The molecule has 0 aliphatic rings. The number of hydrogen-bond donors (Lipinski definition) is 0. The molecule has 0 unspecified atom stereocenters. The first-order valence-corrected chi connectivity index (χ1v) is 8.03. The molecule has 0 fully saturated rings. The summed E-state index contributed by atoms with van der Waals surface area (Å²) in [5.41, 5.74) is 0. The van der Waals surface area contributed by atoms with Gasteiger partial charge in [-0.25, -0.2) is 0 Å². The van der Waals surface area contributed by atoms with Gasteiger partial charge in [0.05, 0.1) is 0 Å². The third-order valence-corrected chi connectivity index (χ3v) is 2.15. The van der Waals surface area contributed by atoms with Crippen LogP contribution in [0.1, 0.15) is 0 Å². The molecule has 0 amide bonds. The van der Waals surface area contributed by atoms with Crippen molar-refractivity contribution in [1.82, 2.24) is 0 Å². The Bertz CT molecular complexity index is 249. The van der Waals surface area contributed by atoms with Gasteiger partial charge in [-0.1, -0.05) is 0 Å². The molecule has 1 rings (SSSR count).